The third-order valence-electron chi connectivity index (χ3n) is 3.59. The monoisotopic (exact) mass is 348 g/mol. The Bertz CT molecular complexity index is 948. The summed E-state index contributed by atoms with van der Waals surface area (Å²) in [4.78, 5) is 22.2. The Morgan fingerprint density at radius 1 is 1.19 bits per heavy atom. The fourth-order valence-corrected chi connectivity index (χ4v) is 2.38. The molecule has 7 nitrogen and oxygen atoms in total. The van der Waals surface area contributed by atoms with E-state index >= 15 is 0 Å². The molecule has 0 aliphatic carbocycles. The van der Waals surface area contributed by atoms with Crippen LogP contribution in [-0.2, 0) is 11.3 Å². The van der Waals surface area contributed by atoms with Crippen LogP contribution in [0.2, 0.25) is 0 Å². The first-order chi connectivity index (χ1) is 12.6. The number of benzene rings is 2. The molecule has 3 rings (SSSR count). The van der Waals surface area contributed by atoms with E-state index < -0.39 is 4.92 Å². The van der Waals surface area contributed by atoms with Crippen molar-refractivity contribution in [2.75, 3.05) is 5.32 Å². The Kier molecular flexibility index (Phi) is 5.19. The summed E-state index contributed by atoms with van der Waals surface area (Å²) in [7, 11) is 0. The first kappa shape index (κ1) is 17.1. The molecule has 130 valence electrons. The van der Waals surface area contributed by atoms with E-state index in [1.165, 1.54) is 24.3 Å². The van der Waals surface area contributed by atoms with Crippen LogP contribution >= 0.6 is 0 Å². The molecule has 3 aromatic rings. The second kappa shape index (κ2) is 7.89. The number of carbonyl (C=O) groups excluding carboxylic acids is 1. The van der Waals surface area contributed by atoms with E-state index in [9.17, 15) is 14.9 Å². The topological polar surface area (TPSA) is 90.1 Å². The van der Waals surface area contributed by atoms with Crippen LogP contribution in [0.1, 0.15) is 11.1 Å². The van der Waals surface area contributed by atoms with Crippen LogP contribution in [0.5, 0.6) is 0 Å². The molecule has 0 fully saturated rings. The van der Waals surface area contributed by atoms with Gasteiger partial charge in [-0.3, -0.25) is 19.6 Å². The molecule has 0 saturated carbocycles. The average molecular weight is 348 g/mol. The molecule has 1 aromatic heterocycles. The summed E-state index contributed by atoms with van der Waals surface area (Å²) in [6.45, 7) is 0.647. The Balaban J connectivity index is 1.60. The third kappa shape index (κ3) is 4.64. The lowest BCUT2D eigenvalue weighted by Gasteiger charge is -2.01. The van der Waals surface area contributed by atoms with Gasteiger partial charge in [0.15, 0.2) is 0 Å². The van der Waals surface area contributed by atoms with Crippen LogP contribution in [0, 0.1) is 10.1 Å². The zero-order valence-corrected chi connectivity index (χ0v) is 13.8. The van der Waals surface area contributed by atoms with Crippen molar-refractivity contribution in [3.63, 3.8) is 0 Å². The standard InChI is InChI=1S/C19H16N4O3/c24-19(21-17-7-4-8-18(11-17)23(25)26)10-9-16-12-20-22(14-16)13-15-5-2-1-3-6-15/h1-12,14H,13H2,(H,21,24)/b10-9+. The second-order valence-corrected chi connectivity index (χ2v) is 5.59. The van der Waals surface area contributed by atoms with Gasteiger partial charge in [-0.05, 0) is 17.7 Å². The first-order valence-corrected chi connectivity index (χ1v) is 7.90. The predicted octanol–water partition coefficient (Wildman–Crippen LogP) is 3.49. The lowest BCUT2D eigenvalue weighted by molar-refractivity contribution is -0.384. The molecule has 7 heteroatoms. The van der Waals surface area contributed by atoms with Crippen molar-refractivity contribution >= 4 is 23.4 Å². The van der Waals surface area contributed by atoms with Crippen LogP contribution in [0.3, 0.4) is 0 Å². The molecular weight excluding hydrogens is 332 g/mol. The lowest BCUT2D eigenvalue weighted by atomic mass is 10.2. The fraction of sp³-hybridized carbons (Fsp3) is 0.0526. The molecule has 0 radical (unpaired) electrons. The smallest absolute Gasteiger partial charge is 0.271 e. The van der Waals surface area contributed by atoms with Gasteiger partial charge in [0.2, 0.25) is 5.91 Å². The summed E-state index contributed by atoms with van der Waals surface area (Å²) in [6, 6.07) is 15.7. The van der Waals surface area contributed by atoms with Crippen LogP contribution in [-0.4, -0.2) is 20.6 Å². The molecule has 0 aliphatic rings. The fourth-order valence-electron chi connectivity index (χ4n) is 2.38. The van der Waals surface area contributed by atoms with Gasteiger partial charge in [-0.25, -0.2) is 0 Å². The SMILES string of the molecule is O=C(/C=C/c1cnn(Cc2ccccc2)c1)Nc1cccc([N+](=O)[O-])c1. The largest absolute Gasteiger partial charge is 0.322 e. The van der Waals surface area contributed by atoms with E-state index in [0.717, 1.165) is 11.1 Å². The molecule has 0 saturated heterocycles. The van der Waals surface area contributed by atoms with Crippen molar-refractivity contribution in [1.82, 2.24) is 9.78 Å². The highest BCUT2D eigenvalue weighted by Crippen LogP contribution is 2.17. The first-order valence-electron chi connectivity index (χ1n) is 7.90. The molecule has 1 N–H and O–H groups in total. The quantitative estimate of drug-likeness (QED) is 0.419. The van der Waals surface area contributed by atoms with Crippen LogP contribution in [0.4, 0.5) is 11.4 Å². The minimum absolute atomic E-state index is 0.0750. The number of nitrogens with zero attached hydrogens (tertiary/aromatic N) is 3. The van der Waals surface area contributed by atoms with Crippen molar-refractivity contribution in [3.8, 4) is 0 Å². The summed E-state index contributed by atoms with van der Waals surface area (Å²) >= 11 is 0. The molecule has 1 amide bonds. The maximum absolute atomic E-state index is 12.0. The predicted molar refractivity (Wildman–Crippen MR) is 98.5 cm³/mol. The number of anilines is 1. The van der Waals surface area contributed by atoms with Crippen molar-refractivity contribution in [3.05, 3.63) is 94.3 Å². The van der Waals surface area contributed by atoms with Crippen molar-refractivity contribution in [1.29, 1.82) is 0 Å². The summed E-state index contributed by atoms with van der Waals surface area (Å²) < 4.78 is 1.79. The van der Waals surface area contributed by atoms with Gasteiger partial charge >= 0.3 is 0 Å². The van der Waals surface area contributed by atoms with Gasteiger partial charge in [0.1, 0.15) is 0 Å². The zero-order valence-electron chi connectivity index (χ0n) is 13.8. The maximum Gasteiger partial charge on any atom is 0.271 e. The Morgan fingerprint density at radius 2 is 2.00 bits per heavy atom. The molecule has 1 heterocycles. The Labute approximate surface area is 149 Å². The summed E-state index contributed by atoms with van der Waals surface area (Å²) in [6.07, 6.45) is 6.51. The van der Waals surface area contributed by atoms with Crippen molar-refractivity contribution < 1.29 is 9.72 Å². The zero-order chi connectivity index (χ0) is 18.4. The average Bonchev–Trinajstić information content (AvgIpc) is 3.08. The van der Waals surface area contributed by atoms with Gasteiger partial charge in [0.05, 0.1) is 17.7 Å². The Morgan fingerprint density at radius 3 is 2.77 bits per heavy atom. The highest BCUT2D eigenvalue weighted by atomic mass is 16.6. The van der Waals surface area contributed by atoms with E-state index in [-0.39, 0.29) is 11.6 Å². The summed E-state index contributed by atoms with van der Waals surface area (Å²) in [5.41, 5.74) is 2.22. The number of nitro benzene ring substituents is 1. The number of non-ortho nitro benzene ring substituents is 1. The number of nitrogens with one attached hydrogen (secondary N) is 1. The molecular formula is C19H16N4O3. The van der Waals surface area contributed by atoms with E-state index in [4.69, 9.17) is 0 Å². The maximum atomic E-state index is 12.0. The minimum Gasteiger partial charge on any atom is -0.322 e. The number of nitro groups is 1. The summed E-state index contributed by atoms with van der Waals surface area (Å²) in [5, 5.41) is 17.6. The number of aromatic nitrogens is 2. The number of rotatable bonds is 6. The summed E-state index contributed by atoms with van der Waals surface area (Å²) in [5.74, 6) is -0.374. The van der Waals surface area contributed by atoms with Crippen molar-refractivity contribution in [2.24, 2.45) is 0 Å². The molecule has 0 spiro atoms. The van der Waals surface area contributed by atoms with E-state index in [2.05, 4.69) is 10.4 Å². The molecule has 0 aliphatic heterocycles. The normalized spacial score (nSPS) is 10.8. The van der Waals surface area contributed by atoms with E-state index in [0.29, 0.717) is 12.2 Å². The number of hydrogen-bond acceptors (Lipinski definition) is 4. The molecule has 0 unspecified atom stereocenters. The number of amides is 1. The van der Waals surface area contributed by atoms with E-state index in [1.807, 2.05) is 36.5 Å². The van der Waals surface area contributed by atoms with E-state index in [1.54, 1.807) is 23.0 Å². The number of carbonyl (C=O) groups is 1. The van der Waals surface area contributed by atoms with Crippen LogP contribution in [0.15, 0.2) is 73.1 Å². The number of hydrogen-bond donors (Lipinski definition) is 1. The highest BCUT2D eigenvalue weighted by Gasteiger charge is 2.06. The molecule has 0 atom stereocenters. The second-order valence-electron chi connectivity index (χ2n) is 5.59. The van der Waals surface area contributed by atoms with Gasteiger partial charge in [-0.15, -0.1) is 0 Å². The Hall–Kier alpha value is -3.74. The molecule has 26 heavy (non-hydrogen) atoms. The van der Waals surface area contributed by atoms with Crippen molar-refractivity contribution in [2.45, 2.75) is 6.54 Å². The highest BCUT2D eigenvalue weighted by molar-refractivity contribution is 6.02. The van der Waals surface area contributed by atoms with Crippen LogP contribution < -0.4 is 5.32 Å². The van der Waals surface area contributed by atoms with Gasteiger partial charge < -0.3 is 5.32 Å². The van der Waals surface area contributed by atoms with Gasteiger partial charge in [0, 0.05) is 35.7 Å². The van der Waals surface area contributed by atoms with Crippen LogP contribution in [0.25, 0.3) is 6.08 Å². The third-order valence-corrected chi connectivity index (χ3v) is 3.59. The van der Waals surface area contributed by atoms with Gasteiger partial charge in [-0.1, -0.05) is 36.4 Å². The molecule has 2 aromatic carbocycles. The molecule has 0 bridgehead atoms. The van der Waals surface area contributed by atoms with Gasteiger partial charge in [0.25, 0.3) is 5.69 Å². The minimum atomic E-state index is -0.507. The lowest BCUT2D eigenvalue weighted by Crippen LogP contribution is -2.07. The van der Waals surface area contributed by atoms with Gasteiger partial charge in [-0.2, -0.15) is 5.10 Å².